The van der Waals surface area contributed by atoms with Gasteiger partial charge in [-0.2, -0.15) is 4.31 Å². The maximum Gasteiger partial charge on any atom is 0.243 e. The Hall–Kier alpha value is -2.29. The molecule has 0 radical (unpaired) electrons. The number of carbonyl (C=O) groups is 1. The first-order chi connectivity index (χ1) is 13.8. The molecule has 2 rings (SSSR count). The van der Waals surface area contributed by atoms with Crippen LogP contribution in [0.15, 0.2) is 59.5 Å². The summed E-state index contributed by atoms with van der Waals surface area (Å²) in [7, 11) is -3.90. The number of amides is 1. The second kappa shape index (κ2) is 11.0. The first kappa shape index (κ1) is 23.0. The van der Waals surface area contributed by atoms with Gasteiger partial charge in [0.05, 0.1) is 17.5 Å². The number of sulfonamides is 1. The number of nitrogens with one attached hydrogen (secondary N) is 1. The van der Waals surface area contributed by atoms with Gasteiger partial charge in [-0.05, 0) is 50.1 Å². The predicted molar refractivity (Wildman–Crippen MR) is 109 cm³/mol. The number of nitrogens with zero attached hydrogens (tertiary/aromatic N) is 1. The lowest BCUT2D eigenvalue weighted by Crippen LogP contribution is -2.40. The summed E-state index contributed by atoms with van der Waals surface area (Å²) in [6.45, 7) is 4.39. The highest BCUT2D eigenvalue weighted by Gasteiger charge is 2.26. The third-order valence-corrected chi connectivity index (χ3v) is 5.87. The zero-order chi connectivity index (χ0) is 21.3. The molecule has 0 saturated heterocycles. The van der Waals surface area contributed by atoms with Crippen molar-refractivity contribution in [1.29, 1.82) is 0 Å². The topological polar surface area (TPSA) is 75.7 Å². The van der Waals surface area contributed by atoms with Crippen molar-refractivity contribution in [2.24, 2.45) is 0 Å². The van der Waals surface area contributed by atoms with Gasteiger partial charge < -0.3 is 10.1 Å². The van der Waals surface area contributed by atoms with E-state index in [1.807, 2.05) is 13.8 Å². The Morgan fingerprint density at radius 2 is 1.76 bits per heavy atom. The average molecular weight is 423 g/mol. The van der Waals surface area contributed by atoms with Gasteiger partial charge in [0.2, 0.25) is 15.9 Å². The lowest BCUT2D eigenvalue weighted by molar-refractivity contribution is -0.121. The zero-order valence-corrected chi connectivity index (χ0v) is 17.5. The van der Waals surface area contributed by atoms with E-state index in [9.17, 15) is 17.6 Å². The molecule has 2 aromatic carbocycles. The highest BCUT2D eigenvalue weighted by Crippen LogP contribution is 2.18. The minimum Gasteiger partial charge on any atom is -0.379 e. The molecule has 1 amide bonds. The molecule has 158 valence electrons. The Morgan fingerprint density at radius 3 is 2.38 bits per heavy atom. The van der Waals surface area contributed by atoms with E-state index in [0.29, 0.717) is 25.1 Å². The molecule has 0 aromatic heterocycles. The van der Waals surface area contributed by atoms with Gasteiger partial charge in [0.15, 0.2) is 0 Å². The molecule has 8 heteroatoms. The second-order valence-corrected chi connectivity index (χ2v) is 8.77. The third kappa shape index (κ3) is 7.56. The summed E-state index contributed by atoms with van der Waals surface area (Å²) < 4.78 is 45.8. The largest absolute Gasteiger partial charge is 0.379 e. The van der Waals surface area contributed by atoms with Crippen molar-refractivity contribution in [2.45, 2.75) is 37.8 Å². The number of carbonyl (C=O) groups excluding carboxylic acids is 1. The normalized spacial score (nSPS) is 11.8. The van der Waals surface area contributed by atoms with Crippen LogP contribution in [0.2, 0.25) is 0 Å². The molecule has 0 heterocycles. The highest BCUT2D eigenvalue weighted by molar-refractivity contribution is 7.89. The molecule has 0 aliphatic heterocycles. The van der Waals surface area contributed by atoms with Gasteiger partial charge in [-0.1, -0.05) is 30.3 Å². The van der Waals surface area contributed by atoms with Crippen LogP contribution in [-0.2, 0) is 26.1 Å². The van der Waals surface area contributed by atoms with Gasteiger partial charge in [0.1, 0.15) is 5.82 Å². The van der Waals surface area contributed by atoms with Crippen molar-refractivity contribution in [3.8, 4) is 0 Å². The minimum atomic E-state index is -3.90. The molecule has 0 unspecified atom stereocenters. The molecule has 0 atom stereocenters. The SMILES string of the molecule is CC(C)OCCCNC(=O)CN(Cc1ccc(F)cc1)S(=O)(=O)c1ccccc1. The van der Waals surface area contributed by atoms with Crippen LogP contribution in [0.25, 0.3) is 0 Å². The van der Waals surface area contributed by atoms with Crippen molar-refractivity contribution in [3.05, 3.63) is 66.0 Å². The summed E-state index contributed by atoms with van der Waals surface area (Å²) in [5.41, 5.74) is 0.587. The van der Waals surface area contributed by atoms with Gasteiger partial charge in [-0.15, -0.1) is 0 Å². The fourth-order valence-electron chi connectivity index (χ4n) is 2.60. The van der Waals surface area contributed by atoms with Gasteiger partial charge in [-0.25, -0.2) is 12.8 Å². The van der Waals surface area contributed by atoms with Crippen molar-refractivity contribution < 1.29 is 22.3 Å². The van der Waals surface area contributed by atoms with Crippen LogP contribution >= 0.6 is 0 Å². The van der Waals surface area contributed by atoms with Crippen LogP contribution in [0.3, 0.4) is 0 Å². The maximum atomic E-state index is 13.2. The number of hydrogen-bond acceptors (Lipinski definition) is 4. The summed E-state index contributed by atoms with van der Waals surface area (Å²) >= 11 is 0. The first-order valence-electron chi connectivity index (χ1n) is 9.47. The molecule has 2 aromatic rings. The third-order valence-electron chi connectivity index (χ3n) is 4.07. The Balaban J connectivity index is 2.08. The first-order valence-corrected chi connectivity index (χ1v) is 10.9. The van der Waals surface area contributed by atoms with E-state index in [0.717, 1.165) is 4.31 Å². The molecule has 0 fully saturated rings. The molecule has 29 heavy (non-hydrogen) atoms. The maximum absolute atomic E-state index is 13.2. The van der Waals surface area contributed by atoms with Crippen molar-refractivity contribution in [3.63, 3.8) is 0 Å². The van der Waals surface area contributed by atoms with E-state index in [1.165, 1.54) is 36.4 Å². The summed E-state index contributed by atoms with van der Waals surface area (Å²) in [5.74, 6) is -0.816. The Labute approximate surface area is 171 Å². The van der Waals surface area contributed by atoms with E-state index in [2.05, 4.69) is 5.32 Å². The molecule has 0 bridgehead atoms. The van der Waals surface area contributed by atoms with Crippen molar-refractivity contribution >= 4 is 15.9 Å². The predicted octanol–water partition coefficient (Wildman–Crippen LogP) is 2.95. The van der Waals surface area contributed by atoms with Crippen LogP contribution in [0.5, 0.6) is 0 Å². The fraction of sp³-hybridized carbons (Fsp3) is 0.381. The van der Waals surface area contributed by atoms with E-state index in [4.69, 9.17) is 4.74 Å². The molecular weight excluding hydrogens is 395 g/mol. The number of hydrogen-bond donors (Lipinski definition) is 1. The molecule has 6 nitrogen and oxygen atoms in total. The number of ether oxygens (including phenoxy) is 1. The standard InChI is InChI=1S/C21H27FN2O4S/c1-17(2)28-14-6-13-23-21(25)16-24(15-18-9-11-19(22)12-10-18)29(26,27)20-7-4-3-5-8-20/h3-5,7-12,17H,6,13-16H2,1-2H3,(H,23,25). The molecular formula is C21H27FN2O4S. The lowest BCUT2D eigenvalue weighted by Gasteiger charge is -2.22. The second-order valence-electron chi connectivity index (χ2n) is 6.84. The lowest BCUT2D eigenvalue weighted by atomic mass is 10.2. The van der Waals surface area contributed by atoms with E-state index >= 15 is 0 Å². The van der Waals surface area contributed by atoms with Crippen molar-refractivity contribution in [1.82, 2.24) is 9.62 Å². The summed E-state index contributed by atoms with van der Waals surface area (Å²) in [5, 5.41) is 2.72. The number of benzene rings is 2. The Bertz CT molecular complexity index is 871. The summed E-state index contributed by atoms with van der Waals surface area (Å²) in [6, 6.07) is 13.5. The molecule has 0 spiro atoms. The van der Waals surface area contributed by atoms with Gasteiger partial charge in [-0.3, -0.25) is 4.79 Å². The Morgan fingerprint density at radius 1 is 1.10 bits per heavy atom. The smallest absolute Gasteiger partial charge is 0.243 e. The molecule has 0 aliphatic carbocycles. The quantitative estimate of drug-likeness (QED) is 0.565. The average Bonchev–Trinajstić information content (AvgIpc) is 2.69. The molecule has 0 aliphatic rings. The van der Waals surface area contributed by atoms with Crippen LogP contribution in [-0.4, -0.2) is 44.4 Å². The minimum absolute atomic E-state index is 0.0403. The van der Waals surface area contributed by atoms with Crippen LogP contribution in [0.4, 0.5) is 4.39 Å². The van der Waals surface area contributed by atoms with Gasteiger partial charge >= 0.3 is 0 Å². The van der Waals surface area contributed by atoms with Crippen LogP contribution in [0.1, 0.15) is 25.8 Å². The summed E-state index contributed by atoms with van der Waals surface area (Å²) in [6.07, 6.45) is 0.751. The van der Waals surface area contributed by atoms with Gasteiger partial charge in [0.25, 0.3) is 0 Å². The highest BCUT2D eigenvalue weighted by atomic mass is 32.2. The fourth-order valence-corrected chi connectivity index (χ4v) is 4.00. The summed E-state index contributed by atoms with van der Waals surface area (Å²) in [4.78, 5) is 12.5. The number of rotatable bonds is 11. The molecule has 0 saturated carbocycles. The number of halogens is 1. The Kier molecular flexibility index (Phi) is 8.75. The van der Waals surface area contributed by atoms with E-state index < -0.39 is 21.7 Å². The van der Waals surface area contributed by atoms with E-state index in [-0.39, 0.29) is 24.1 Å². The molecule has 1 N–H and O–H groups in total. The van der Waals surface area contributed by atoms with Crippen LogP contribution < -0.4 is 5.32 Å². The monoisotopic (exact) mass is 422 g/mol. The zero-order valence-electron chi connectivity index (χ0n) is 16.7. The van der Waals surface area contributed by atoms with Crippen LogP contribution in [0, 0.1) is 5.82 Å². The van der Waals surface area contributed by atoms with Crippen molar-refractivity contribution in [2.75, 3.05) is 19.7 Å². The van der Waals surface area contributed by atoms with E-state index in [1.54, 1.807) is 18.2 Å². The van der Waals surface area contributed by atoms with Gasteiger partial charge in [0, 0.05) is 19.7 Å².